The van der Waals surface area contributed by atoms with Crippen molar-refractivity contribution in [2.75, 3.05) is 26.3 Å². The lowest BCUT2D eigenvalue weighted by atomic mass is 9.96. The number of ether oxygens (including phenoxy) is 2. The summed E-state index contributed by atoms with van der Waals surface area (Å²) < 4.78 is 9.96. The molecule has 61 heavy (non-hydrogen) atoms. The molecule has 0 spiro atoms. The first-order chi connectivity index (χ1) is 29.3. The predicted molar refractivity (Wildman–Crippen MR) is 237 cm³/mol. The summed E-state index contributed by atoms with van der Waals surface area (Å²) in [5, 5.41) is 6.15. The van der Waals surface area contributed by atoms with Gasteiger partial charge in [0, 0.05) is 48.8 Å². The van der Waals surface area contributed by atoms with E-state index in [1.165, 1.54) is 12.7 Å². The molecule has 0 radical (unpaired) electrons. The summed E-state index contributed by atoms with van der Waals surface area (Å²) in [4.78, 5) is 65.9. The van der Waals surface area contributed by atoms with Crippen molar-refractivity contribution in [2.24, 2.45) is 0 Å². The number of Topliss-reactive ketones (excluding diaryl/α,β-unsaturated/α-hetero) is 2. The molecule has 316 valence electrons. The molecule has 0 fully saturated rings. The number of benzene rings is 4. The fraction of sp³-hybridized carbons (Fsp3) is 0.250. The SMILES string of the molecule is CCOC(=O)CN[C@@H](Cc1ccccc1)C(=O)Cc1cccc(-c2cncnc2)c1.CCOC(=O)CN[C@@H](Cc1ccccc1)C(=O)Cc1cccc(-c2cncnc2)c1.Cl. The van der Waals surface area contributed by atoms with E-state index in [0.717, 1.165) is 44.5 Å². The second-order valence-corrected chi connectivity index (χ2v) is 13.8. The van der Waals surface area contributed by atoms with Crippen LogP contribution in [0.3, 0.4) is 0 Å². The third-order valence-corrected chi connectivity index (χ3v) is 9.34. The van der Waals surface area contributed by atoms with Gasteiger partial charge in [-0.3, -0.25) is 29.8 Å². The first-order valence-corrected chi connectivity index (χ1v) is 19.9. The van der Waals surface area contributed by atoms with Crippen LogP contribution in [-0.2, 0) is 54.3 Å². The molecule has 0 unspecified atom stereocenters. The molecule has 4 aromatic carbocycles. The molecule has 0 aliphatic heterocycles. The number of hydrogen-bond acceptors (Lipinski definition) is 12. The first kappa shape index (κ1) is 47.2. The van der Waals surface area contributed by atoms with E-state index in [9.17, 15) is 19.2 Å². The highest BCUT2D eigenvalue weighted by molar-refractivity contribution is 5.88. The van der Waals surface area contributed by atoms with Crippen molar-refractivity contribution in [2.45, 2.75) is 51.6 Å². The average molecular weight is 843 g/mol. The summed E-state index contributed by atoms with van der Waals surface area (Å²) in [6.07, 6.45) is 11.5. The van der Waals surface area contributed by atoms with E-state index in [-0.39, 0.29) is 61.8 Å². The number of nitrogens with zero attached hydrogens (tertiary/aromatic N) is 4. The molecular formula is C48H51ClN6O6. The summed E-state index contributed by atoms with van der Waals surface area (Å²) in [7, 11) is 0. The molecule has 0 amide bonds. The smallest absolute Gasteiger partial charge is 0.319 e. The zero-order chi connectivity index (χ0) is 42.4. The van der Waals surface area contributed by atoms with Crippen molar-refractivity contribution in [3.63, 3.8) is 0 Å². The van der Waals surface area contributed by atoms with Crippen LogP contribution in [0.25, 0.3) is 22.3 Å². The van der Waals surface area contributed by atoms with E-state index in [0.29, 0.717) is 26.1 Å². The van der Waals surface area contributed by atoms with E-state index < -0.39 is 12.1 Å². The van der Waals surface area contributed by atoms with Crippen LogP contribution < -0.4 is 10.6 Å². The molecule has 2 heterocycles. The Balaban J connectivity index is 0.000000264. The average Bonchev–Trinajstić information content (AvgIpc) is 3.28. The predicted octanol–water partition coefficient (Wildman–Crippen LogP) is 6.46. The van der Waals surface area contributed by atoms with Crippen molar-refractivity contribution >= 4 is 35.9 Å². The number of halogens is 1. The quantitative estimate of drug-likeness (QED) is 0.0809. The maximum absolute atomic E-state index is 13.1. The highest BCUT2D eigenvalue weighted by Gasteiger charge is 2.22. The molecule has 12 nitrogen and oxygen atoms in total. The van der Waals surface area contributed by atoms with Crippen LogP contribution in [0, 0.1) is 0 Å². The van der Waals surface area contributed by atoms with Crippen LogP contribution in [0.4, 0.5) is 0 Å². The van der Waals surface area contributed by atoms with Crippen LogP contribution in [0.1, 0.15) is 36.1 Å². The van der Waals surface area contributed by atoms with Gasteiger partial charge in [0.25, 0.3) is 0 Å². The van der Waals surface area contributed by atoms with Gasteiger partial charge >= 0.3 is 11.9 Å². The van der Waals surface area contributed by atoms with Gasteiger partial charge in [-0.15, -0.1) is 12.4 Å². The van der Waals surface area contributed by atoms with Crippen molar-refractivity contribution in [1.82, 2.24) is 30.6 Å². The lowest BCUT2D eigenvalue weighted by Gasteiger charge is -2.18. The second-order valence-electron chi connectivity index (χ2n) is 13.8. The van der Waals surface area contributed by atoms with Gasteiger partial charge in [0.15, 0.2) is 11.6 Å². The molecular weight excluding hydrogens is 792 g/mol. The molecule has 0 aliphatic carbocycles. The number of ketones is 2. The molecule has 6 rings (SSSR count). The Morgan fingerprint density at radius 2 is 0.852 bits per heavy atom. The second kappa shape index (κ2) is 25.9. The minimum Gasteiger partial charge on any atom is -0.465 e. The lowest BCUT2D eigenvalue weighted by molar-refractivity contribution is -0.143. The van der Waals surface area contributed by atoms with E-state index in [1.54, 1.807) is 38.6 Å². The van der Waals surface area contributed by atoms with Gasteiger partial charge in [-0.25, -0.2) is 19.9 Å². The van der Waals surface area contributed by atoms with Gasteiger partial charge in [-0.05, 0) is 60.1 Å². The fourth-order valence-corrected chi connectivity index (χ4v) is 6.40. The number of nitrogens with one attached hydrogen (secondary N) is 2. The zero-order valence-electron chi connectivity index (χ0n) is 34.3. The van der Waals surface area contributed by atoms with Gasteiger partial charge in [0.05, 0.1) is 38.4 Å². The molecule has 2 atom stereocenters. The molecule has 6 aromatic rings. The highest BCUT2D eigenvalue weighted by atomic mass is 35.5. The Bertz CT molecular complexity index is 2090. The van der Waals surface area contributed by atoms with Crippen LogP contribution in [0.15, 0.2) is 147 Å². The summed E-state index contributed by atoms with van der Waals surface area (Å²) in [5.74, 6) is -0.696. The Kier molecular flexibility index (Phi) is 20.0. The van der Waals surface area contributed by atoms with E-state index in [4.69, 9.17) is 9.47 Å². The topological polar surface area (TPSA) is 162 Å². The molecule has 0 bridgehead atoms. The minimum absolute atomic E-state index is 0. The van der Waals surface area contributed by atoms with Crippen LogP contribution >= 0.6 is 12.4 Å². The number of rotatable bonds is 20. The number of aromatic nitrogens is 4. The Labute approximate surface area is 363 Å². The standard InChI is InChI=1S/2C24H25N3O3.ClH/c2*1-2-30-24(29)16-27-22(12-18-7-4-3-5-8-18)23(28)13-19-9-6-10-20(11-19)21-14-25-17-26-15-21;/h2*3-11,14-15,17,22,27H,2,12-13,16H2,1H3;1H/t2*22-;/m00./s1. The highest BCUT2D eigenvalue weighted by Crippen LogP contribution is 2.21. The molecule has 2 N–H and O–H groups in total. The molecule has 0 saturated carbocycles. The Morgan fingerprint density at radius 3 is 1.21 bits per heavy atom. The molecule has 13 heteroatoms. The maximum atomic E-state index is 13.1. The third-order valence-electron chi connectivity index (χ3n) is 9.34. The summed E-state index contributed by atoms with van der Waals surface area (Å²) in [6, 6.07) is 34.1. The normalized spacial score (nSPS) is 11.4. The van der Waals surface area contributed by atoms with E-state index >= 15 is 0 Å². The number of carbonyl (C=O) groups is 4. The van der Waals surface area contributed by atoms with Crippen LogP contribution in [-0.4, -0.2) is 81.8 Å². The van der Waals surface area contributed by atoms with Crippen LogP contribution in [0.5, 0.6) is 0 Å². The van der Waals surface area contributed by atoms with Crippen molar-refractivity contribution in [3.05, 3.63) is 169 Å². The summed E-state index contributed by atoms with van der Waals surface area (Å²) in [5.41, 5.74) is 7.57. The Hall–Kier alpha value is -6.47. The third kappa shape index (κ3) is 16.2. The minimum atomic E-state index is -0.486. The number of hydrogen-bond donors (Lipinski definition) is 2. The zero-order valence-corrected chi connectivity index (χ0v) is 35.1. The van der Waals surface area contributed by atoms with E-state index in [1.807, 2.05) is 109 Å². The van der Waals surface area contributed by atoms with Crippen molar-refractivity contribution in [3.8, 4) is 22.3 Å². The Morgan fingerprint density at radius 1 is 0.492 bits per heavy atom. The number of esters is 2. The van der Waals surface area contributed by atoms with Crippen LogP contribution in [0.2, 0.25) is 0 Å². The van der Waals surface area contributed by atoms with Crippen molar-refractivity contribution in [1.29, 1.82) is 0 Å². The van der Waals surface area contributed by atoms with Gasteiger partial charge in [0.2, 0.25) is 0 Å². The molecule has 0 aliphatic rings. The van der Waals surface area contributed by atoms with Crippen molar-refractivity contribution < 1.29 is 28.7 Å². The monoisotopic (exact) mass is 842 g/mol. The first-order valence-electron chi connectivity index (χ1n) is 19.9. The largest absolute Gasteiger partial charge is 0.465 e. The maximum Gasteiger partial charge on any atom is 0.319 e. The molecule has 2 aromatic heterocycles. The van der Waals surface area contributed by atoms with Gasteiger partial charge < -0.3 is 9.47 Å². The molecule has 0 saturated heterocycles. The fourth-order valence-electron chi connectivity index (χ4n) is 6.40. The number of carbonyl (C=O) groups excluding carboxylic acids is 4. The van der Waals surface area contributed by atoms with E-state index in [2.05, 4.69) is 30.6 Å². The lowest BCUT2D eigenvalue weighted by Crippen LogP contribution is -2.42. The van der Waals surface area contributed by atoms with Gasteiger partial charge in [0.1, 0.15) is 12.7 Å². The van der Waals surface area contributed by atoms with Gasteiger partial charge in [-0.2, -0.15) is 0 Å². The van der Waals surface area contributed by atoms with Gasteiger partial charge in [-0.1, -0.05) is 109 Å². The summed E-state index contributed by atoms with van der Waals surface area (Å²) in [6.45, 7) is 4.14. The summed E-state index contributed by atoms with van der Waals surface area (Å²) >= 11 is 0.